The van der Waals surface area contributed by atoms with Crippen LogP contribution in [-0.2, 0) is 39.6 Å². The summed E-state index contributed by atoms with van der Waals surface area (Å²) in [6.45, 7) is 19.0. The summed E-state index contributed by atoms with van der Waals surface area (Å²) in [6.07, 6.45) is -4.61. The number of carbonyl (C=O) groups is 1. The van der Waals surface area contributed by atoms with E-state index in [0.717, 1.165) is 5.69 Å². The van der Waals surface area contributed by atoms with Crippen molar-refractivity contribution in [2.24, 2.45) is 23.5 Å². The van der Waals surface area contributed by atoms with Gasteiger partial charge in [0.15, 0.2) is 12.6 Å². The van der Waals surface area contributed by atoms with Crippen LogP contribution in [-0.4, -0.2) is 184 Å². The Bertz CT molecular complexity index is 1490. The number of rotatable bonds is 10. The fraction of sp³-hybridized carbons (Fsp3) is 0.927. The Labute approximate surface area is 352 Å². The first-order valence-electron chi connectivity index (χ1n) is 21.6. The van der Waals surface area contributed by atoms with Crippen LogP contribution < -0.4 is 5.73 Å². The van der Waals surface area contributed by atoms with E-state index in [9.17, 15) is 25.2 Å². The zero-order chi connectivity index (χ0) is 44.4. The van der Waals surface area contributed by atoms with Crippen molar-refractivity contribution in [3.8, 4) is 0 Å². The molecule has 17 nitrogen and oxygen atoms in total. The van der Waals surface area contributed by atoms with Crippen molar-refractivity contribution in [2.75, 3.05) is 34.3 Å². The molecule has 4 heterocycles. The van der Waals surface area contributed by atoms with Crippen molar-refractivity contribution in [1.82, 2.24) is 24.7 Å². The third-order valence-electron chi connectivity index (χ3n) is 13.6. The van der Waals surface area contributed by atoms with Gasteiger partial charge in [-0.2, -0.15) is 0 Å². The number of aliphatic hydroxyl groups is 4. The molecule has 1 aromatic rings. The maximum absolute atomic E-state index is 14.4. The van der Waals surface area contributed by atoms with Crippen molar-refractivity contribution >= 4 is 14.0 Å². The first-order chi connectivity index (χ1) is 27.4. The topological polar surface area (TPSA) is 217 Å². The molecule has 3 aliphatic rings. The van der Waals surface area contributed by atoms with Gasteiger partial charge in [-0.1, -0.05) is 26.0 Å². The SMILES string of the molecule is Bn1cc(CCN(C)[C@H]2CC(C)O[C@H](O[C@@H]3[C@@H](C)[C@H](O[C@H]4C[C@@](C)(OC)[C@@H](N)[C@@H](C)O4)[C@@H](C)C(=O)O[C@H](CC)[C@@](C)(O)C(O)[C@H](C)N(C)C[C@H](C)C[C@@]3(C)O)[C@@H]2O)nn1. The van der Waals surface area contributed by atoms with Gasteiger partial charge < -0.3 is 69.0 Å². The molecule has 18 heteroatoms. The number of ether oxygens (including phenoxy) is 6. The van der Waals surface area contributed by atoms with Crippen LogP contribution in [0.5, 0.6) is 0 Å². The van der Waals surface area contributed by atoms with Crippen molar-refractivity contribution in [2.45, 2.75) is 192 Å². The first kappa shape index (κ1) is 49.8. The molecule has 0 saturated carbocycles. The van der Waals surface area contributed by atoms with E-state index in [4.69, 9.17) is 34.2 Å². The molecular formula is C41H77BN6O11. The second-order valence-electron chi connectivity index (χ2n) is 18.9. The Kier molecular flexibility index (Phi) is 17.0. The van der Waals surface area contributed by atoms with Gasteiger partial charge in [-0.3, -0.25) is 4.79 Å². The average molecular weight is 841 g/mol. The molecule has 2 unspecified atom stereocenters. The molecule has 0 spiro atoms. The summed E-state index contributed by atoms with van der Waals surface area (Å²) in [6, 6.07) is -1.36. The minimum Gasteiger partial charge on any atom is -0.459 e. The minimum absolute atomic E-state index is 0.155. The fourth-order valence-electron chi connectivity index (χ4n) is 9.67. The Morgan fingerprint density at radius 1 is 1.07 bits per heavy atom. The molecule has 1 aromatic heterocycles. The van der Waals surface area contributed by atoms with E-state index in [1.165, 1.54) is 6.92 Å². The highest BCUT2D eigenvalue weighted by Gasteiger charge is 2.52. The Morgan fingerprint density at radius 3 is 2.32 bits per heavy atom. The van der Waals surface area contributed by atoms with E-state index >= 15 is 0 Å². The predicted molar refractivity (Wildman–Crippen MR) is 223 cm³/mol. The number of hydrogen-bond donors (Lipinski definition) is 5. The summed E-state index contributed by atoms with van der Waals surface area (Å²) in [5, 5.41) is 56.4. The molecule has 0 radical (unpaired) electrons. The Morgan fingerprint density at radius 2 is 1.73 bits per heavy atom. The number of aliphatic hydroxyl groups excluding tert-OH is 2. The molecule has 18 atom stereocenters. The van der Waals surface area contributed by atoms with E-state index in [1.54, 1.807) is 32.5 Å². The molecular weight excluding hydrogens is 763 g/mol. The molecule has 0 aromatic carbocycles. The maximum atomic E-state index is 14.4. The smallest absolute Gasteiger partial charge is 0.311 e. The van der Waals surface area contributed by atoms with Crippen molar-refractivity contribution in [3.63, 3.8) is 0 Å². The van der Waals surface area contributed by atoms with Gasteiger partial charge in [-0.15, -0.1) is 5.10 Å². The lowest BCUT2D eigenvalue weighted by molar-refractivity contribution is -0.311. The zero-order valence-electron chi connectivity index (χ0n) is 38.1. The predicted octanol–water partition coefficient (Wildman–Crippen LogP) is 0.468. The molecule has 3 aliphatic heterocycles. The van der Waals surface area contributed by atoms with Crippen LogP contribution in [0.3, 0.4) is 0 Å². The highest BCUT2D eigenvalue weighted by Crippen LogP contribution is 2.40. The number of nitrogens with two attached hydrogens (primary N) is 1. The van der Waals surface area contributed by atoms with Crippen molar-refractivity contribution < 1.29 is 53.6 Å². The molecule has 6 N–H and O–H groups in total. The number of cyclic esters (lactones) is 1. The summed E-state index contributed by atoms with van der Waals surface area (Å²) < 4.78 is 40.0. The highest BCUT2D eigenvalue weighted by atomic mass is 16.7. The van der Waals surface area contributed by atoms with Crippen molar-refractivity contribution in [1.29, 1.82) is 0 Å². The van der Waals surface area contributed by atoms with Gasteiger partial charge in [-0.25, -0.2) is 0 Å². The van der Waals surface area contributed by atoms with E-state index in [-0.39, 0.29) is 37.3 Å². The summed E-state index contributed by atoms with van der Waals surface area (Å²) in [5.74, 6) is -2.59. The highest BCUT2D eigenvalue weighted by molar-refractivity contribution is 6.05. The maximum Gasteiger partial charge on any atom is 0.311 e. The number of nitrogens with zero attached hydrogens (tertiary/aromatic N) is 5. The van der Waals surface area contributed by atoms with Gasteiger partial charge in [0.2, 0.25) is 0 Å². The summed E-state index contributed by atoms with van der Waals surface area (Å²) in [7, 11) is 7.20. The van der Waals surface area contributed by atoms with Gasteiger partial charge >= 0.3 is 5.97 Å². The van der Waals surface area contributed by atoms with Crippen molar-refractivity contribution in [3.05, 3.63) is 11.9 Å². The van der Waals surface area contributed by atoms with Gasteiger partial charge in [0.1, 0.15) is 23.9 Å². The van der Waals surface area contributed by atoms with E-state index in [1.807, 2.05) is 74.7 Å². The molecule has 340 valence electrons. The Balaban J connectivity index is 1.77. The number of methoxy groups -OCH3 is 1. The van der Waals surface area contributed by atoms with Crippen LogP contribution in [0.4, 0.5) is 0 Å². The third kappa shape index (κ3) is 11.6. The lowest BCUT2D eigenvalue weighted by atomic mass is 9.77. The number of hydrogen-bond acceptors (Lipinski definition) is 16. The van der Waals surface area contributed by atoms with Crippen LogP contribution in [0.2, 0.25) is 0 Å². The lowest BCUT2D eigenvalue weighted by Crippen LogP contribution is -2.62. The van der Waals surface area contributed by atoms with E-state index in [2.05, 4.69) is 15.2 Å². The van der Waals surface area contributed by atoms with Gasteiger partial charge in [0, 0.05) is 57.2 Å². The fourth-order valence-corrected chi connectivity index (χ4v) is 9.67. The minimum atomic E-state index is -1.80. The second-order valence-corrected chi connectivity index (χ2v) is 18.9. The van der Waals surface area contributed by atoms with Crippen LogP contribution in [0.15, 0.2) is 6.20 Å². The van der Waals surface area contributed by atoms with Crippen LogP contribution in [0.1, 0.15) is 101 Å². The van der Waals surface area contributed by atoms with Gasteiger partial charge in [0.05, 0.1) is 53.3 Å². The molecule has 3 fully saturated rings. The largest absolute Gasteiger partial charge is 0.459 e. The average Bonchev–Trinajstić information content (AvgIpc) is 3.59. The summed E-state index contributed by atoms with van der Waals surface area (Å²) >= 11 is 0. The first-order valence-corrected chi connectivity index (χ1v) is 21.6. The monoisotopic (exact) mass is 841 g/mol. The standard InChI is InChI=1S/C41H77BN6O11/c1-14-30-41(10,53)35(50)26(6)47(12)20-22(2)18-39(8,52)36(59-38-32(49)29(17-23(3)55-38)46(11)16-15-28-21-48(42)45-44-28)24(4)33(25(5)37(51)57-30)58-31-19-40(9,54-13)34(43)27(7)56-31/h21-27,29-36,38,49-50,52-53H,14-20,42-43H2,1-13H3/t22-,23?,24+,25-,26+,27-,29+,30-,31+,32-,33+,34+,35?,36-,38-,39-,40-,41-/m1/s1. The number of likely N-dealkylation sites (N-methyl/N-ethyl adjacent to an activating group) is 2. The number of carbonyl (C=O) groups excluding carboxylic acids is 1. The second kappa shape index (κ2) is 20.1. The molecule has 0 bridgehead atoms. The third-order valence-corrected chi connectivity index (χ3v) is 13.6. The summed E-state index contributed by atoms with van der Waals surface area (Å²) in [5.41, 5.74) is 3.17. The van der Waals surface area contributed by atoms with Crippen LogP contribution >= 0.6 is 0 Å². The normalized spacial score (nSPS) is 45.1. The van der Waals surface area contributed by atoms with Gasteiger partial charge in [0.25, 0.3) is 7.98 Å². The molecule has 0 aliphatic carbocycles. The van der Waals surface area contributed by atoms with E-state index < -0.39 is 95.9 Å². The zero-order valence-corrected chi connectivity index (χ0v) is 38.1. The number of esters is 1. The van der Waals surface area contributed by atoms with Gasteiger partial charge in [-0.05, 0) is 87.7 Å². The quantitative estimate of drug-likeness (QED) is 0.160. The molecule has 4 rings (SSSR count). The number of aromatic nitrogens is 3. The summed E-state index contributed by atoms with van der Waals surface area (Å²) in [4.78, 5) is 18.4. The molecule has 3 saturated heterocycles. The molecule has 0 amide bonds. The Hall–Kier alpha value is -1.81. The molecule has 59 heavy (non-hydrogen) atoms. The van der Waals surface area contributed by atoms with Crippen LogP contribution in [0.25, 0.3) is 0 Å². The van der Waals surface area contributed by atoms with Crippen LogP contribution in [0, 0.1) is 17.8 Å². The van der Waals surface area contributed by atoms with E-state index in [0.29, 0.717) is 25.9 Å². The lowest BCUT2D eigenvalue weighted by Gasteiger charge is -2.49.